The molecular formula is C12H14NO-. The monoisotopic (exact) mass is 188 g/mol. The van der Waals surface area contributed by atoms with Gasteiger partial charge in [0.25, 0.3) is 0 Å². The van der Waals surface area contributed by atoms with Gasteiger partial charge in [-0.2, -0.15) is 0 Å². The SMILES string of the molecule is CC(/C=C(/C)[O-])=Nc1ccc(C)cc1. The lowest BCUT2D eigenvalue weighted by atomic mass is 10.2. The number of allylic oxidation sites excluding steroid dienone is 2. The summed E-state index contributed by atoms with van der Waals surface area (Å²) in [4.78, 5) is 4.28. The summed E-state index contributed by atoms with van der Waals surface area (Å²) in [6.07, 6.45) is 1.53. The molecule has 0 atom stereocenters. The molecular weight excluding hydrogens is 174 g/mol. The van der Waals surface area contributed by atoms with Crippen LogP contribution in [-0.4, -0.2) is 5.71 Å². The normalized spacial score (nSPS) is 13.1. The molecule has 0 bridgehead atoms. The van der Waals surface area contributed by atoms with Crippen molar-refractivity contribution in [3.05, 3.63) is 41.7 Å². The fourth-order valence-corrected chi connectivity index (χ4v) is 1.15. The summed E-state index contributed by atoms with van der Waals surface area (Å²) in [5.74, 6) is 0.0263. The molecule has 0 aliphatic carbocycles. The van der Waals surface area contributed by atoms with Crippen molar-refractivity contribution in [1.29, 1.82) is 0 Å². The van der Waals surface area contributed by atoms with E-state index in [0.29, 0.717) is 0 Å². The standard InChI is InChI=1S/C12H15NO/c1-9-4-6-12(7-5-9)13-10(2)8-11(3)14/h4-8,14H,1-3H3/p-1/b11-8-,13-10?. The quantitative estimate of drug-likeness (QED) is 0.518. The molecule has 74 valence electrons. The fourth-order valence-electron chi connectivity index (χ4n) is 1.15. The third-order valence-corrected chi connectivity index (χ3v) is 1.75. The molecule has 0 spiro atoms. The van der Waals surface area contributed by atoms with Gasteiger partial charge in [0.1, 0.15) is 0 Å². The second kappa shape index (κ2) is 4.61. The second-order valence-corrected chi connectivity index (χ2v) is 3.34. The molecule has 0 saturated heterocycles. The molecule has 1 aromatic rings. The van der Waals surface area contributed by atoms with Gasteiger partial charge in [0, 0.05) is 5.71 Å². The average Bonchev–Trinajstić information content (AvgIpc) is 2.07. The third kappa shape index (κ3) is 3.44. The molecule has 1 aromatic carbocycles. The first-order chi connectivity index (χ1) is 6.58. The predicted octanol–water partition coefficient (Wildman–Crippen LogP) is 2.35. The molecule has 0 N–H and O–H groups in total. The highest BCUT2D eigenvalue weighted by molar-refractivity contribution is 5.94. The van der Waals surface area contributed by atoms with Gasteiger partial charge in [-0.25, -0.2) is 0 Å². The van der Waals surface area contributed by atoms with E-state index in [9.17, 15) is 5.11 Å². The maximum atomic E-state index is 10.8. The molecule has 0 saturated carbocycles. The summed E-state index contributed by atoms with van der Waals surface area (Å²) < 4.78 is 0. The van der Waals surface area contributed by atoms with Gasteiger partial charge in [0.2, 0.25) is 0 Å². The Morgan fingerprint density at radius 1 is 1.21 bits per heavy atom. The van der Waals surface area contributed by atoms with E-state index < -0.39 is 0 Å². The molecule has 2 nitrogen and oxygen atoms in total. The highest BCUT2D eigenvalue weighted by Gasteiger charge is 1.89. The van der Waals surface area contributed by atoms with E-state index in [4.69, 9.17) is 0 Å². The lowest BCUT2D eigenvalue weighted by Crippen LogP contribution is -2.00. The maximum absolute atomic E-state index is 10.8. The van der Waals surface area contributed by atoms with Crippen LogP contribution < -0.4 is 5.11 Å². The molecule has 0 radical (unpaired) electrons. The van der Waals surface area contributed by atoms with Crippen LogP contribution in [0, 0.1) is 6.92 Å². The Morgan fingerprint density at radius 2 is 1.79 bits per heavy atom. The van der Waals surface area contributed by atoms with Gasteiger partial charge in [-0.1, -0.05) is 30.7 Å². The van der Waals surface area contributed by atoms with E-state index in [1.54, 1.807) is 0 Å². The Bertz CT molecular complexity index is 356. The smallest absolute Gasteiger partial charge is 0.0633 e. The van der Waals surface area contributed by atoms with E-state index >= 15 is 0 Å². The van der Waals surface area contributed by atoms with Crippen molar-refractivity contribution in [1.82, 2.24) is 0 Å². The van der Waals surface area contributed by atoms with Crippen molar-refractivity contribution in [2.45, 2.75) is 20.8 Å². The van der Waals surface area contributed by atoms with Gasteiger partial charge >= 0.3 is 0 Å². The Kier molecular flexibility index (Phi) is 3.46. The molecule has 1 rings (SSSR count). The largest absolute Gasteiger partial charge is 0.876 e. The fraction of sp³-hybridized carbons (Fsp3) is 0.250. The van der Waals surface area contributed by atoms with Crippen LogP contribution >= 0.6 is 0 Å². The highest BCUT2D eigenvalue weighted by Crippen LogP contribution is 2.12. The zero-order valence-electron chi connectivity index (χ0n) is 8.74. The van der Waals surface area contributed by atoms with Crippen LogP contribution in [0.3, 0.4) is 0 Å². The van der Waals surface area contributed by atoms with Crippen LogP contribution in [0.15, 0.2) is 41.1 Å². The van der Waals surface area contributed by atoms with E-state index in [1.807, 2.05) is 38.1 Å². The first-order valence-corrected chi connectivity index (χ1v) is 4.55. The molecule has 0 aromatic heterocycles. The predicted molar refractivity (Wildman–Crippen MR) is 57.7 cm³/mol. The molecule has 0 unspecified atom stereocenters. The molecule has 0 heterocycles. The van der Waals surface area contributed by atoms with Crippen molar-refractivity contribution < 1.29 is 5.11 Å². The topological polar surface area (TPSA) is 35.4 Å². The Balaban J connectivity index is 2.87. The molecule has 2 heteroatoms. The zero-order valence-corrected chi connectivity index (χ0v) is 8.74. The van der Waals surface area contributed by atoms with E-state index in [1.165, 1.54) is 18.6 Å². The van der Waals surface area contributed by atoms with Crippen LogP contribution in [0.4, 0.5) is 5.69 Å². The van der Waals surface area contributed by atoms with Gasteiger partial charge in [-0.15, -0.1) is 5.76 Å². The van der Waals surface area contributed by atoms with Crippen molar-refractivity contribution in [2.75, 3.05) is 0 Å². The Morgan fingerprint density at radius 3 is 2.29 bits per heavy atom. The molecule has 0 fully saturated rings. The van der Waals surface area contributed by atoms with E-state index in [2.05, 4.69) is 4.99 Å². The summed E-state index contributed by atoms with van der Waals surface area (Å²) in [5, 5.41) is 10.8. The van der Waals surface area contributed by atoms with E-state index in [-0.39, 0.29) is 5.76 Å². The maximum Gasteiger partial charge on any atom is 0.0633 e. The van der Waals surface area contributed by atoms with Gasteiger partial charge in [-0.05, 0) is 26.0 Å². The summed E-state index contributed by atoms with van der Waals surface area (Å²) in [6.45, 7) is 5.37. The molecule has 0 aliphatic heterocycles. The van der Waals surface area contributed by atoms with Gasteiger partial charge in [0.05, 0.1) is 5.69 Å². The Hall–Kier alpha value is -1.57. The number of aryl methyl sites for hydroxylation is 1. The second-order valence-electron chi connectivity index (χ2n) is 3.34. The number of aliphatic imine (C=N–C) groups is 1. The lowest BCUT2D eigenvalue weighted by molar-refractivity contribution is -0.301. The summed E-state index contributed by atoms with van der Waals surface area (Å²) in [5.41, 5.74) is 2.82. The number of hydrogen-bond donors (Lipinski definition) is 0. The van der Waals surface area contributed by atoms with Crippen molar-refractivity contribution in [3.8, 4) is 0 Å². The van der Waals surface area contributed by atoms with Crippen LogP contribution in [0.1, 0.15) is 19.4 Å². The van der Waals surface area contributed by atoms with E-state index in [0.717, 1.165) is 11.4 Å². The van der Waals surface area contributed by atoms with Crippen LogP contribution in [0.25, 0.3) is 0 Å². The van der Waals surface area contributed by atoms with Gasteiger partial charge in [-0.3, -0.25) is 4.99 Å². The highest BCUT2D eigenvalue weighted by atomic mass is 16.3. The minimum absolute atomic E-state index is 0.0263. The van der Waals surface area contributed by atoms with Crippen molar-refractivity contribution in [2.24, 2.45) is 4.99 Å². The minimum atomic E-state index is 0.0263. The summed E-state index contributed by atoms with van der Waals surface area (Å²) in [7, 11) is 0. The van der Waals surface area contributed by atoms with Gasteiger partial charge < -0.3 is 5.11 Å². The van der Waals surface area contributed by atoms with Gasteiger partial charge in [0.15, 0.2) is 0 Å². The third-order valence-electron chi connectivity index (χ3n) is 1.75. The minimum Gasteiger partial charge on any atom is -0.876 e. The summed E-state index contributed by atoms with van der Waals surface area (Å²) in [6, 6.07) is 7.87. The first-order valence-electron chi connectivity index (χ1n) is 4.55. The molecule has 14 heavy (non-hydrogen) atoms. The Labute approximate surface area is 84.6 Å². The zero-order chi connectivity index (χ0) is 10.6. The van der Waals surface area contributed by atoms with Crippen molar-refractivity contribution >= 4 is 11.4 Å². The van der Waals surface area contributed by atoms with Crippen LogP contribution in [0.2, 0.25) is 0 Å². The van der Waals surface area contributed by atoms with Crippen LogP contribution in [-0.2, 0) is 0 Å². The number of rotatable bonds is 2. The van der Waals surface area contributed by atoms with Crippen molar-refractivity contribution in [3.63, 3.8) is 0 Å². The number of benzene rings is 1. The number of nitrogens with zero attached hydrogens (tertiary/aromatic N) is 1. The number of hydrogen-bond acceptors (Lipinski definition) is 2. The lowest BCUT2D eigenvalue weighted by Gasteiger charge is -2.03. The molecule has 0 aliphatic rings. The first kappa shape index (κ1) is 10.5. The average molecular weight is 188 g/mol. The van der Waals surface area contributed by atoms with Crippen LogP contribution in [0.5, 0.6) is 0 Å². The molecule has 0 amide bonds. The summed E-state index contributed by atoms with van der Waals surface area (Å²) >= 11 is 0.